The summed E-state index contributed by atoms with van der Waals surface area (Å²) in [7, 11) is 1.60. The van der Waals surface area contributed by atoms with Gasteiger partial charge in [0.1, 0.15) is 11.4 Å². The highest BCUT2D eigenvalue weighted by Gasteiger charge is 2.42. The molecule has 0 bridgehead atoms. The van der Waals surface area contributed by atoms with E-state index in [1.165, 1.54) is 24.3 Å². The van der Waals surface area contributed by atoms with Crippen LogP contribution in [0.1, 0.15) is 24.7 Å². The number of hydrogen-bond donors (Lipinski definition) is 0. The molecule has 6 nitrogen and oxygen atoms in total. The quantitative estimate of drug-likeness (QED) is 0.468. The smallest absolute Gasteiger partial charge is 0.435 e. The molecule has 2 aromatic heterocycles. The average molecular weight is 469 g/mol. The van der Waals surface area contributed by atoms with Gasteiger partial charge in [0.25, 0.3) is 0 Å². The van der Waals surface area contributed by atoms with E-state index >= 15 is 0 Å². The van der Waals surface area contributed by atoms with Gasteiger partial charge in [-0.25, -0.2) is 9.36 Å². The van der Waals surface area contributed by atoms with Gasteiger partial charge >= 0.3 is 12.4 Å². The lowest BCUT2D eigenvalue weighted by Crippen LogP contribution is -2.13. The van der Waals surface area contributed by atoms with E-state index < -0.39 is 23.7 Å². The van der Waals surface area contributed by atoms with Gasteiger partial charge in [-0.3, -0.25) is 0 Å². The molecule has 1 aliphatic rings. The first-order chi connectivity index (χ1) is 15.5. The fraction of sp³-hybridized carbons (Fsp3) is 0.286. The molecule has 0 aliphatic heterocycles. The Bertz CT molecular complexity index is 1220. The number of methoxy groups -OCH3 is 1. The summed E-state index contributed by atoms with van der Waals surface area (Å²) in [5.74, 6) is 1.00. The summed E-state index contributed by atoms with van der Waals surface area (Å²) in [5, 5.41) is 11.3. The van der Waals surface area contributed by atoms with E-state index in [-0.39, 0.29) is 22.4 Å². The molecule has 1 aromatic carbocycles. The van der Waals surface area contributed by atoms with Gasteiger partial charge in [-0.1, -0.05) is 24.3 Å². The second-order valence-electron chi connectivity index (χ2n) is 7.45. The summed E-state index contributed by atoms with van der Waals surface area (Å²) in [5.41, 5.74) is -1.46. The molecule has 3 aromatic rings. The van der Waals surface area contributed by atoms with Gasteiger partial charge in [0.2, 0.25) is 0 Å². The average Bonchev–Trinajstić information content (AvgIpc) is 3.41. The largest absolute Gasteiger partial charge is 0.501 e. The van der Waals surface area contributed by atoms with E-state index in [0.29, 0.717) is 17.7 Å². The number of aromatic nitrogens is 5. The predicted octanol–water partition coefficient (Wildman–Crippen LogP) is 5.58. The Morgan fingerprint density at radius 1 is 1.00 bits per heavy atom. The number of halogens is 6. The lowest BCUT2D eigenvalue weighted by Gasteiger charge is -2.19. The Kier molecular flexibility index (Phi) is 5.54. The molecule has 1 unspecified atom stereocenters. The predicted molar refractivity (Wildman–Crippen MR) is 106 cm³/mol. The van der Waals surface area contributed by atoms with Crippen molar-refractivity contribution in [1.82, 2.24) is 24.8 Å². The molecule has 0 radical (unpaired) electrons. The van der Waals surface area contributed by atoms with E-state index in [1.54, 1.807) is 18.0 Å². The van der Waals surface area contributed by atoms with Crippen LogP contribution in [0.2, 0.25) is 0 Å². The number of nitrogens with zero attached hydrogens (tertiary/aromatic N) is 5. The maximum atomic E-state index is 13.3. The highest BCUT2D eigenvalue weighted by molar-refractivity contribution is 5.61. The molecule has 33 heavy (non-hydrogen) atoms. The number of hydrogen-bond acceptors (Lipinski definition) is 4. The van der Waals surface area contributed by atoms with Crippen molar-refractivity contribution in [1.29, 1.82) is 0 Å². The standard InChI is InChI=1S/C21H17F6N5O/c1-12-9-15(7-8-17(12)33-2)31-11-16(28-30-31)13-3-5-14(6-4-13)32-19(21(25,26)27)10-18(29-32)20(22,23)24/h3-8,10-12H,9H2,1-2H3. The molecule has 2 heterocycles. The van der Waals surface area contributed by atoms with Gasteiger partial charge in [0.15, 0.2) is 5.69 Å². The normalized spacial score (nSPS) is 17.0. The highest BCUT2D eigenvalue weighted by Crippen LogP contribution is 2.36. The lowest BCUT2D eigenvalue weighted by atomic mass is 9.98. The van der Waals surface area contributed by atoms with Crippen LogP contribution in [-0.2, 0) is 17.1 Å². The maximum absolute atomic E-state index is 13.3. The highest BCUT2D eigenvalue weighted by atomic mass is 19.4. The minimum atomic E-state index is -5.01. The number of allylic oxidation sites excluding steroid dienone is 4. The van der Waals surface area contributed by atoms with Crippen molar-refractivity contribution in [2.24, 2.45) is 5.92 Å². The Labute approximate surface area is 183 Å². The zero-order valence-electron chi connectivity index (χ0n) is 17.3. The molecule has 0 N–H and O–H groups in total. The summed E-state index contributed by atoms with van der Waals surface area (Å²) in [4.78, 5) is 0. The van der Waals surface area contributed by atoms with Crippen molar-refractivity contribution in [3.8, 4) is 16.9 Å². The molecule has 0 spiro atoms. The van der Waals surface area contributed by atoms with Crippen LogP contribution >= 0.6 is 0 Å². The van der Waals surface area contributed by atoms with E-state index in [2.05, 4.69) is 15.4 Å². The second-order valence-corrected chi connectivity index (χ2v) is 7.45. The van der Waals surface area contributed by atoms with Gasteiger partial charge in [0, 0.05) is 23.2 Å². The second kappa shape index (κ2) is 8.09. The summed E-state index contributed by atoms with van der Waals surface area (Å²) < 4.78 is 85.7. The summed E-state index contributed by atoms with van der Waals surface area (Å²) >= 11 is 0. The number of alkyl halides is 6. The van der Waals surface area contributed by atoms with Crippen molar-refractivity contribution in [2.75, 3.05) is 7.11 Å². The molecule has 0 saturated carbocycles. The first kappa shape index (κ1) is 22.6. The maximum Gasteiger partial charge on any atom is 0.435 e. The summed E-state index contributed by atoms with van der Waals surface area (Å²) in [6.45, 7) is 2.01. The fourth-order valence-electron chi connectivity index (χ4n) is 3.49. The molecule has 4 rings (SSSR count). The van der Waals surface area contributed by atoms with Crippen molar-refractivity contribution in [3.63, 3.8) is 0 Å². The van der Waals surface area contributed by atoms with Gasteiger partial charge < -0.3 is 4.74 Å². The number of benzene rings is 1. The number of ether oxygens (including phenoxy) is 1. The molecule has 0 amide bonds. The minimum Gasteiger partial charge on any atom is -0.501 e. The van der Waals surface area contributed by atoms with Crippen molar-refractivity contribution < 1.29 is 31.1 Å². The van der Waals surface area contributed by atoms with Crippen LogP contribution in [0.5, 0.6) is 0 Å². The monoisotopic (exact) mass is 469 g/mol. The molecule has 1 aliphatic carbocycles. The third kappa shape index (κ3) is 4.50. The third-order valence-corrected chi connectivity index (χ3v) is 5.16. The fourth-order valence-corrected chi connectivity index (χ4v) is 3.49. The molecule has 0 saturated heterocycles. The van der Waals surface area contributed by atoms with E-state index in [1.807, 2.05) is 19.1 Å². The Morgan fingerprint density at radius 3 is 2.27 bits per heavy atom. The number of rotatable bonds is 4. The Hall–Kier alpha value is -3.57. The summed E-state index contributed by atoms with van der Waals surface area (Å²) in [6.07, 6.45) is -3.99. The van der Waals surface area contributed by atoms with Gasteiger partial charge in [-0.2, -0.15) is 31.4 Å². The van der Waals surface area contributed by atoms with Crippen LogP contribution in [0, 0.1) is 5.92 Å². The van der Waals surface area contributed by atoms with Crippen LogP contribution in [0.25, 0.3) is 22.6 Å². The van der Waals surface area contributed by atoms with Crippen LogP contribution < -0.4 is 0 Å². The van der Waals surface area contributed by atoms with Crippen molar-refractivity contribution in [3.05, 3.63) is 65.8 Å². The molecule has 0 fully saturated rings. The van der Waals surface area contributed by atoms with Gasteiger partial charge in [-0.15, -0.1) is 5.10 Å². The minimum absolute atomic E-state index is 0.0121. The van der Waals surface area contributed by atoms with Crippen molar-refractivity contribution >= 4 is 5.70 Å². The van der Waals surface area contributed by atoms with E-state index in [0.717, 1.165) is 11.5 Å². The zero-order chi connectivity index (χ0) is 24.0. The Morgan fingerprint density at radius 2 is 1.70 bits per heavy atom. The van der Waals surface area contributed by atoms with E-state index in [4.69, 9.17) is 4.74 Å². The van der Waals surface area contributed by atoms with E-state index in [9.17, 15) is 26.3 Å². The van der Waals surface area contributed by atoms with Crippen LogP contribution in [0.4, 0.5) is 26.3 Å². The topological polar surface area (TPSA) is 57.8 Å². The molecule has 1 atom stereocenters. The Balaban J connectivity index is 1.63. The van der Waals surface area contributed by atoms with Crippen LogP contribution in [0.15, 0.2) is 54.4 Å². The van der Waals surface area contributed by atoms with Crippen molar-refractivity contribution in [2.45, 2.75) is 25.7 Å². The lowest BCUT2D eigenvalue weighted by molar-refractivity contribution is -0.143. The molecule has 174 valence electrons. The first-order valence-corrected chi connectivity index (χ1v) is 9.70. The SMILES string of the molecule is COC1=CC=C(n2cc(-c3ccc(-n4nc(C(F)(F)F)cc4C(F)(F)F)cc3)nn2)CC1C. The molecular weight excluding hydrogens is 452 g/mol. The van der Waals surface area contributed by atoms with Gasteiger partial charge in [0.05, 0.1) is 24.8 Å². The van der Waals surface area contributed by atoms with Gasteiger partial charge in [-0.05, 0) is 30.7 Å². The summed E-state index contributed by atoms with van der Waals surface area (Å²) in [6, 6.07) is 5.36. The molecule has 12 heteroatoms. The third-order valence-electron chi connectivity index (χ3n) is 5.16. The van der Waals surface area contributed by atoms with Crippen LogP contribution in [0.3, 0.4) is 0 Å². The molecular formula is C21H17F6N5O. The first-order valence-electron chi connectivity index (χ1n) is 9.70. The zero-order valence-corrected chi connectivity index (χ0v) is 17.3. The van der Waals surface area contributed by atoms with Crippen LogP contribution in [-0.4, -0.2) is 31.9 Å².